The van der Waals surface area contributed by atoms with E-state index in [9.17, 15) is 5.41 Å². The molecule has 150 heavy (non-hydrogen) atoms. The Labute approximate surface area is 876 Å². The lowest BCUT2D eigenvalue weighted by Gasteiger charge is -2.27. The summed E-state index contributed by atoms with van der Waals surface area (Å²) in [5.74, 6) is 3.84. The van der Waals surface area contributed by atoms with Crippen molar-refractivity contribution in [2.24, 2.45) is 0 Å². The Morgan fingerprint density at radius 2 is 0.627 bits per heavy atom. The lowest BCUT2D eigenvalue weighted by atomic mass is 9.82. The van der Waals surface area contributed by atoms with Crippen LogP contribution in [-0.2, 0) is 10.8 Å². The zero-order chi connectivity index (χ0) is 100. The molecule has 0 radical (unpaired) electrons. The number of hydrogen-bond acceptors (Lipinski definition) is 13. The van der Waals surface area contributed by atoms with Crippen LogP contribution in [0.3, 0.4) is 0 Å². The van der Waals surface area contributed by atoms with Gasteiger partial charge in [-0.1, -0.05) is 380 Å². The van der Waals surface area contributed by atoms with Crippen LogP contribution in [-0.4, -0.2) is 55.2 Å². The van der Waals surface area contributed by atoms with Gasteiger partial charge >= 0.3 is 0 Å². The van der Waals surface area contributed by atoms with E-state index in [1.807, 2.05) is 149 Å². The van der Waals surface area contributed by atoms with Crippen LogP contribution in [0, 0.1) is 5.41 Å². The van der Waals surface area contributed by atoms with Gasteiger partial charge in [-0.3, -0.25) is 5.41 Å². The zero-order valence-electron chi connectivity index (χ0n) is 82.5. The van der Waals surface area contributed by atoms with Crippen molar-refractivity contribution >= 4 is 119 Å². The number of anilines is 5. The summed E-state index contributed by atoms with van der Waals surface area (Å²) in [6.07, 6.45) is 0. The molecule has 2 aliphatic rings. The molecule has 0 saturated heterocycles. The first kappa shape index (κ1) is 91.0. The lowest BCUT2D eigenvalue weighted by molar-refractivity contribution is 0.660. The molecule has 0 unspecified atom stereocenters. The summed E-state index contributed by atoms with van der Waals surface area (Å²) in [5.41, 5.74) is 33.6. The maximum absolute atomic E-state index is 9.34. The average molecular weight is 1960 g/mol. The van der Waals surface area contributed by atoms with Crippen molar-refractivity contribution in [3.8, 4) is 136 Å². The molecule has 6 aromatic heterocycles. The Balaban J connectivity index is 0.000000114. The smallest absolute Gasteiger partial charge is 0.165 e. The van der Waals surface area contributed by atoms with Crippen molar-refractivity contribution in [3.05, 3.63) is 525 Å². The van der Waals surface area contributed by atoms with Crippen molar-refractivity contribution < 1.29 is 0 Å². The highest BCUT2D eigenvalue weighted by Gasteiger charge is 2.38. The molecule has 26 aromatic rings. The summed E-state index contributed by atoms with van der Waals surface area (Å²) in [5, 5.41) is 30.3. The van der Waals surface area contributed by atoms with Crippen molar-refractivity contribution in [1.82, 2.24) is 49.5 Å². The van der Waals surface area contributed by atoms with Crippen LogP contribution in [0.15, 0.2) is 491 Å². The van der Waals surface area contributed by atoms with E-state index in [1.165, 1.54) is 73.7 Å². The predicted octanol–water partition coefficient (Wildman–Crippen LogP) is 35.1. The molecule has 0 saturated carbocycles. The molecule has 6 heterocycles. The highest BCUT2D eigenvalue weighted by molar-refractivity contribution is 7.26. The summed E-state index contributed by atoms with van der Waals surface area (Å²) in [6.45, 7) is 9.20. The molecule has 2 aliphatic carbocycles. The maximum atomic E-state index is 9.34. The van der Waals surface area contributed by atoms with Crippen LogP contribution in [0.2, 0.25) is 0 Å². The van der Waals surface area contributed by atoms with Crippen molar-refractivity contribution in [1.29, 1.82) is 5.41 Å². The van der Waals surface area contributed by atoms with Gasteiger partial charge in [0.15, 0.2) is 34.9 Å². The van der Waals surface area contributed by atoms with E-state index in [-0.39, 0.29) is 10.8 Å². The highest BCUT2D eigenvalue weighted by Crippen LogP contribution is 2.54. The Kier molecular flexibility index (Phi) is 23.2. The quantitative estimate of drug-likeness (QED) is 0.0794. The van der Waals surface area contributed by atoms with E-state index in [1.54, 1.807) is 22.7 Å². The highest BCUT2D eigenvalue weighted by atomic mass is 32.1. The minimum atomic E-state index is -0.194. The van der Waals surface area contributed by atoms with Gasteiger partial charge in [-0.25, -0.2) is 39.3 Å². The van der Waals surface area contributed by atoms with Gasteiger partial charge in [0.25, 0.3) is 0 Å². The molecule has 0 atom stereocenters. The normalized spacial score (nSPS) is 12.4. The minimum absolute atomic E-state index is 0.0236. The third-order valence-corrected chi connectivity index (χ3v) is 31.5. The molecule has 20 aromatic carbocycles. The number of rotatable bonds is 18. The second kappa shape index (κ2) is 38.2. The standard InChI is InChI=1S/C46H27N5S2.C46H35N3.C43H33N5/c1-2-15-30(16-3-1)51-38-24-7-4-19-35(38)41(50-51)28-13-10-14-29(27-28)44-47-45(36-22-11-20-33-31-17-5-8-25-39(31)52-42(33)36)49-46(48-44)37-23-12-21-34-32-18-6-9-26-40(32)53-43(34)37;1-46(2)42-22-11-9-20-39(42)41-31-38(28-29-43(41)46)48(35-16-5-3-6-17-35)36-26-24-32(25-27-36)33-14-13-15-34(30-33)45-40-21-10-12-23-44(40)49(47-45)37-18-7-4-8-19-37;1-43(2)36-24-22-30(39(44)33-20-12-13-21-38(33)45-32-18-10-5-11-19-32)26-34(36)35-27-31(23-25-37(35)43)42-47-40(28-14-6-3-7-15-28)46-41(48-42)29-16-8-4-9-17-29/h1-27H;3-31H,1-2H3;3-27,44-45H,1-2H3. The SMILES string of the molecule is CC1(C)c2ccc(C(=N)c3ccccc3Nc3ccccc3)cc2-c2cc(-c3nc(-c4ccccc4)nc(-c4ccccc4)n3)ccc21.CC1(C)c2ccccc2-c2cc(N(c3ccccc3)c3ccc(-c4cccc(-c5nn(-c6ccccc6)c6ccccc56)c4)cc3)ccc21.c1ccc(-n2nc(-c3cccc(-c4nc(-c5cccc6c5sc5ccccc56)nc(-c5cccc6c5sc5ccccc56)n4)c3)c3ccccc32)cc1. The molecule has 0 aliphatic heterocycles. The number of nitrogens with one attached hydrogen (secondary N) is 2. The van der Waals surface area contributed by atoms with E-state index in [0.29, 0.717) is 40.7 Å². The summed E-state index contributed by atoms with van der Waals surface area (Å²) in [7, 11) is 0. The first-order valence-electron chi connectivity index (χ1n) is 50.5. The third-order valence-electron chi connectivity index (χ3n) is 29.1. The van der Waals surface area contributed by atoms with Gasteiger partial charge in [0.2, 0.25) is 0 Å². The van der Waals surface area contributed by atoms with Crippen molar-refractivity contribution in [2.75, 3.05) is 10.2 Å². The molecule has 712 valence electrons. The first-order valence-corrected chi connectivity index (χ1v) is 52.1. The Morgan fingerprint density at radius 1 is 0.260 bits per heavy atom. The number of benzene rings is 20. The number of fused-ring (bicyclic) bond motifs is 14. The van der Waals surface area contributed by atoms with Crippen LogP contribution in [0.25, 0.3) is 198 Å². The fourth-order valence-corrected chi connectivity index (χ4v) is 24.1. The zero-order valence-corrected chi connectivity index (χ0v) is 84.1. The number of hydrogen-bond donors (Lipinski definition) is 2. The summed E-state index contributed by atoms with van der Waals surface area (Å²) in [4.78, 5) is 33.0. The van der Waals surface area contributed by atoms with Crippen LogP contribution in [0.5, 0.6) is 0 Å². The van der Waals surface area contributed by atoms with Crippen molar-refractivity contribution in [2.45, 2.75) is 38.5 Å². The van der Waals surface area contributed by atoms with Gasteiger partial charge in [0, 0.05) is 146 Å². The molecule has 0 fully saturated rings. The van der Waals surface area contributed by atoms with E-state index in [4.69, 9.17) is 40.1 Å². The summed E-state index contributed by atoms with van der Waals surface area (Å²) >= 11 is 3.57. The molecule has 0 amide bonds. The second-order valence-corrected chi connectivity index (χ2v) is 41.1. The molecule has 13 nitrogen and oxygen atoms in total. The number of nitrogens with zero attached hydrogens (tertiary/aromatic N) is 11. The molecular weight excluding hydrogens is 1870 g/mol. The molecule has 28 rings (SSSR count). The lowest BCUT2D eigenvalue weighted by Crippen LogP contribution is -2.15. The van der Waals surface area contributed by atoms with Gasteiger partial charge in [0.1, 0.15) is 11.4 Å². The number of thiophene rings is 2. The minimum Gasteiger partial charge on any atom is -0.355 e. The van der Waals surface area contributed by atoms with Gasteiger partial charge in [-0.2, -0.15) is 10.2 Å². The predicted molar refractivity (Wildman–Crippen MR) is 622 cm³/mol. The summed E-state index contributed by atoms with van der Waals surface area (Å²) < 4.78 is 8.90. The van der Waals surface area contributed by atoms with Gasteiger partial charge in [0.05, 0.1) is 28.1 Å². The largest absolute Gasteiger partial charge is 0.355 e. The van der Waals surface area contributed by atoms with Gasteiger partial charge < -0.3 is 10.2 Å². The molecule has 2 N–H and O–H groups in total. The van der Waals surface area contributed by atoms with Crippen LogP contribution in [0.1, 0.15) is 61.1 Å². The Morgan fingerprint density at radius 3 is 1.19 bits per heavy atom. The van der Waals surface area contributed by atoms with Crippen LogP contribution in [0.4, 0.5) is 28.4 Å². The topological polar surface area (TPSA) is 152 Å². The molecule has 15 heteroatoms. The Hall–Kier alpha value is -18.9. The Bertz CT molecular complexity index is 9510. The van der Waals surface area contributed by atoms with Gasteiger partial charge in [-0.05, 0) is 195 Å². The number of para-hydroxylation sites is 7. The average Bonchev–Trinajstić information content (AvgIpc) is 1.57. The molecule has 0 bridgehead atoms. The van der Waals surface area contributed by atoms with E-state index < -0.39 is 0 Å². The first-order chi connectivity index (χ1) is 73.8. The van der Waals surface area contributed by atoms with Gasteiger partial charge in [-0.15, -0.1) is 22.7 Å². The van der Waals surface area contributed by atoms with E-state index in [2.05, 4.69) is 390 Å². The molecular formula is C135H95N13S2. The molecule has 0 spiro atoms. The summed E-state index contributed by atoms with van der Waals surface area (Å²) in [6, 6.07) is 171. The van der Waals surface area contributed by atoms with E-state index in [0.717, 1.165) is 151 Å². The van der Waals surface area contributed by atoms with Crippen molar-refractivity contribution in [3.63, 3.8) is 0 Å². The van der Waals surface area contributed by atoms with Crippen LogP contribution >= 0.6 is 22.7 Å². The fraction of sp³-hybridized carbons (Fsp3) is 0.0444. The van der Waals surface area contributed by atoms with E-state index >= 15 is 0 Å². The monoisotopic (exact) mass is 1960 g/mol. The second-order valence-electron chi connectivity index (χ2n) is 39.0. The number of aromatic nitrogens is 10. The van der Waals surface area contributed by atoms with Crippen LogP contribution < -0.4 is 10.2 Å². The third kappa shape index (κ3) is 16.7. The fourth-order valence-electron chi connectivity index (χ4n) is 21.7. The maximum Gasteiger partial charge on any atom is 0.165 e.